The van der Waals surface area contributed by atoms with Crippen LogP contribution < -0.4 is 10.3 Å². The molecule has 0 spiro atoms. The van der Waals surface area contributed by atoms with Gasteiger partial charge in [-0.15, -0.1) is 0 Å². The van der Waals surface area contributed by atoms with Gasteiger partial charge in [0, 0.05) is 29.8 Å². The quantitative estimate of drug-likeness (QED) is 0.401. The molecule has 0 radical (unpaired) electrons. The molecule has 2 aromatic carbocycles. The van der Waals surface area contributed by atoms with E-state index in [9.17, 15) is 22.4 Å². The molecule has 10 heteroatoms. The molecule has 0 amide bonds. The summed E-state index contributed by atoms with van der Waals surface area (Å²) in [6.07, 6.45) is -1.20. The molecule has 1 N–H and O–H groups in total. The first-order valence-electron chi connectivity index (χ1n) is 10.3. The average molecular weight is 472 g/mol. The molecule has 34 heavy (non-hydrogen) atoms. The fourth-order valence-electron chi connectivity index (χ4n) is 3.54. The number of nitrogens with one attached hydrogen (secondary N) is 1. The largest absolute Gasteiger partial charge is 0.497 e. The standard InChI is InChI=1S/C24H20F4N4O2/c1-14(19-8-5-17(10-20(19)25)24(26,27)28)32-13-16(12-29-32)21-11-23(33)31-22(30-21)9-15-3-6-18(34-2)7-4-15/h3-8,10-14H,9H2,1-2H3,(H,30,31,33)/t14-/m0/s1. The van der Waals surface area contributed by atoms with Crippen molar-refractivity contribution in [2.24, 2.45) is 0 Å². The van der Waals surface area contributed by atoms with Gasteiger partial charge in [-0.3, -0.25) is 9.48 Å². The molecule has 4 rings (SSSR count). The van der Waals surface area contributed by atoms with Gasteiger partial charge in [0.15, 0.2) is 0 Å². The van der Waals surface area contributed by atoms with Crippen LogP contribution in [0.1, 0.15) is 35.5 Å². The molecule has 0 aliphatic heterocycles. The van der Waals surface area contributed by atoms with Crippen molar-refractivity contribution < 1.29 is 22.3 Å². The molecule has 0 aliphatic rings. The molecule has 2 heterocycles. The van der Waals surface area contributed by atoms with Crippen LogP contribution in [0, 0.1) is 5.82 Å². The van der Waals surface area contributed by atoms with Gasteiger partial charge in [-0.25, -0.2) is 9.37 Å². The molecule has 0 unspecified atom stereocenters. The highest BCUT2D eigenvalue weighted by Gasteiger charge is 2.31. The van der Waals surface area contributed by atoms with Crippen molar-refractivity contribution in [3.05, 3.63) is 99.6 Å². The Morgan fingerprint density at radius 1 is 1.12 bits per heavy atom. The minimum absolute atomic E-state index is 0.0571. The van der Waals surface area contributed by atoms with Crippen LogP contribution in [0.4, 0.5) is 17.6 Å². The van der Waals surface area contributed by atoms with Crippen molar-refractivity contribution >= 4 is 0 Å². The van der Waals surface area contributed by atoms with Crippen LogP contribution in [0.25, 0.3) is 11.3 Å². The predicted molar refractivity (Wildman–Crippen MR) is 117 cm³/mol. The van der Waals surface area contributed by atoms with E-state index in [0.717, 1.165) is 17.7 Å². The number of aromatic amines is 1. The predicted octanol–water partition coefficient (Wildman–Crippen LogP) is 5.00. The molecule has 0 saturated heterocycles. The van der Waals surface area contributed by atoms with Crippen molar-refractivity contribution in [3.63, 3.8) is 0 Å². The molecule has 2 aromatic heterocycles. The topological polar surface area (TPSA) is 72.8 Å². The molecule has 1 atom stereocenters. The molecule has 0 aliphatic carbocycles. The molecule has 0 saturated carbocycles. The van der Waals surface area contributed by atoms with Crippen molar-refractivity contribution in [1.29, 1.82) is 0 Å². The van der Waals surface area contributed by atoms with Gasteiger partial charge >= 0.3 is 6.18 Å². The summed E-state index contributed by atoms with van der Waals surface area (Å²) in [7, 11) is 1.57. The molecular weight excluding hydrogens is 452 g/mol. The van der Waals surface area contributed by atoms with Gasteiger partial charge in [0.2, 0.25) is 0 Å². The zero-order valence-corrected chi connectivity index (χ0v) is 18.2. The summed E-state index contributed by atoms with van der Waals surface area (Å²) in [5.74, 6) is 0.183. The maximum atomic E-state index is 14.4. The summed E-state index contributed by atoms with van der Waals surface area (Å²) in [5, 5.41) is 4.21. The number of hydrogen-bond donors (Lipinski definition) is 1. The second-order valence-electron chi connectivity index (χ2n) is 7.72. The lowest BCUT2D eigenvalue weighted by Gasteiger charge is -2.15. The first-order valence-corrected chi connectivity index (χ1v) is 10.3. The van der Waals surface area contributed by atoms with Crippen molar-refractivity contribution in [2.75, 3.05) is 7.11 Å². The minimum atomic E-state index is -4.63. The summed E-state index contributed by atoms with van der Waals surface area (Å²) in [4.78, 5) is 19.4. The third-order valence-corrected chi connectivity index (χ3v) is 5.39. The van der Waals surface area contributed by atoms with Crippen LogP contribution in [-0.2, 0) is 12.6 Å². The molecule has 0 bridgehead atoms. The number of methoxy groups -OCH3 is 1. The number of H-pyrrole nitrogens is 1. The summed E-state index contributed by atoms with van der Waals surface area (Å²) in [5.41, 5.74) is 0.465. The fraction of sp³-hybridized carbons (Fsp3) is 0.208. The molecule has 6 nitrogen and oxygen atoms in total. The Balaban J connectivity index is 1.58. The van der Waals surface area contributed by atoms with Crippen LogP contribution in [0.5, 0.6) is 5.75 Å². The number of rotatable bonds is 6. The second-order valence-corrected chi connectivity index (χ2v) is 7.72. The van der Waals surface area contributed by atoms with Gasteiger partial charge < -0.3 is 9.72 Å². The Morgan fingerprint density at radius 3 is 2.50 bits per heavy atom. The number of nitrogens with zero attached hydrogens (tertiary/aromatic N) is 3. The third-order valence-electron chi connectivity index (χ3n) is 5.39. The summed E-state index contributed by atoms with van der Waals surface area (Å²) >= 11 is 0. The van der Waals surface area contributed by atoms with E-state index in [1.165, 1.54) is 16.9 Å². The summed E-state index contributed by atoms with van der Waals surface area (Å²) in [6, 6.07) is 10.4. The lowest BCUT2D eigenvalue weighted by molar-refractivity contribution is -0.137. The van der Waals surface area contributed by atoms with Gasteiger partial charge in [0.25, 0.3) is 5.56 Å². The Hall–Kier alpha value is -3.95. The lowest BCUT2D eigenvalue weighted by atomic mass is 10.0. The first-order chi connectivity index (χ1) is 16.1. The van der Waals surface area contributed by atoms with E-state index in [0.29, 0.717) is 35.3 Å². The van der Waals surface area contributed by atoms with E-state index >= 15 is 0 Å². The van der Waals surface area contributed by atoms with Crippen LogP contribution in [-0.4, -0.2) is 26.9 Å². The number of ether oxygens (including phenoxy) is 1. The highest BCUT2D eigenvalue weighted by atomic mass is 19.4. The van der Waals surface area contributed by atoms with E-state index in [1.807, 2.05) is 24.3 Å². The number of benzene rings is 2. The van der Waals surface area contributed by atoms with E-state index in [2.05, 4.69) is 15.1 Å². The summed E-state index contributed by atoms with van der Waals surface area (Å²) < 4.78 is 59.4. The van der Waals surface area contributed by atoms with Gasteiger partial charge in [0.1, 0.15) is 17.4 Å². The van der Waals surface area contributed by atoms with Crippen LogP contribution in [0.3, 0.4) is 0 Å². The van der Waals surface area contributed by atoms with Gasteiger partial charge in [-0.05, 0) is 36.8 Å². The minimum Gasteiger partial charge on any atom is -0.497 e. The van der Waals surface area contributed by atoms with Crippen molar-refractivity contribution in [1.82, 2.24) is 19.7 Å². The zero-order chi connectivity index (χ0) is 24.5. The normalized spacial score (nSPS) is 12.5. The van der Waals surface area contributed by atoms with Gasteiger partial charge in [-0.1, -0.05) is 18.2 Å². The Morgan fingerprint density at radius 2 is 1.85 bits per heavy atom. The Labute approximate surface area is 191 Å². The molecule has 0 fully saturated rings. The van der Waals surface area contributed by atoms with E-state index in [-0.39, 0.29) is 11.1 Å². The van der Waals surface area contributed by atoms with Gasteiger partial charge in [-0.2, -0.15) is 18.3 Å². The number of alkyl halides is 3. The second kappa shape index (κ2) is 9.12. The number of halogens is 4. The maximum Gasteiger partial charge on any atom is 0.416 e. The van der Waals surface area contributed by atoms with Crippen LogP contribution >= 0.6 is 0 Å². The molecule has 4 aromatic rings. The highest BCUT2D eigenvalue weighted by molar-refractivity contribution is 5.56. The third kappa shape index (κ3) is 5.00. The zero-order valence-electron chi connectivity index (χ0n) is 18.2. The smallest absolute Gasteiger partial charge is 0.416 e. The highest BCUT2D eigenvalue weighted by Crippen LogP contribution is 2.32. The first kappa shape index (κ1) is 23.2. The van der Waals surface area contributed by atoms with Crippen molar-refractivity contribution in [3.8, 4) is 17.0 Å². The van der Waals surface area contributed by atoms with E-state index < -0.39 is 23.6 Å². The monoisotopic (exact) mass is 472 g/mol. The summed E-state index contributed by atoms with van der Waals surface area (Å²) in [6.45, 7) is 1.61. The Kier molecular flexibility index (Phi) is 6.23. The van der Waals surface area contributed by atoms with E-state index in [4.69, 9.17) is 4.74 Å². The van der Waals surface area contributed by atoms with Crippen LogP contribution in [0.2, 0.25) is 0 Å². The van der Waals surface area contributed by atoms with Crippen molar-refractivity contribution in [2.45, 2.75) is 25.6 Å². The van der Waals surface area contributed by atoms with E-state index in [1.54, 1.807) is 20.2 Å². The molecular formula is C24H20F4N4O2. The van der Waals surface area contributed by atoms with Gasteiger partial charge in [0.05, 0.1) is 30.6 Å². The average Bonchev–Trinajstić information content (AvgIpc) is 3.28. The fourth-order valence-corrected chi connectivity index (χ4v) is 3.54. The number of aromatic nitrogens is 4. The number of hydrogen-bond acceptors (Lipinski definition) is 4. The SMILES string of the molecule is COc1ccc(Cc2nc(-c3cnn([C@@H](C)c4ccc(C(F)(F)F)cc4F)c3)cc(=O)[nH]2)cc1. The van der Waals surface area contributed by atoms with Crippen LogP contribution in [0.15, 0.2) is 65.7 Å². The molecule has 176 valence electrons. The Bertz CT molecular complexity index is 1360. The maximum absolute atomic E-state index is 14.4. The lowest BCUT2D eigenvalue weighted by Crippen LogP contribution is -2.12.